The number of halogens is 1. The van der Waals surface area contributed by atoms with Crippen LogP contribution in [0.15, 0.2) is 24.3 Å². The number of likely N-dealkylation sites (N-methyl/N-ethyl adjacent to an activating group) is 1. The zero-order valence-corrected chi connectivity index (χ0v) is 11.7. The number of carbonyl (C=O) groups excluding carboxylic acids is 2. The van der Waals surface area contributed by atoms with Gasteiger partial charge in [-0.05, 0) is 18.7 Å². The SMILES string of the molecule is COC(=O)CN(C)CC(=O)NCc1ccccc1Cl. The molecule has 0 atom stereocenters. The first-order valence-electron chi connectivity index (χ1n) is 5.78. The predicted molar refractivity (Wildman–Crippen MR) is 72.8 cm³/mol. The molecule has 1 aromatic rings. The van der Waals surface area contributed by atoms with Crippen molar-refractivity contribution in [3.05, 3.63) is 34.9 Å². The molecule has 19 heavy (non-hydrogen) atoms. The van der Waals surface area contributed by atoms with E-state index in [1.54, 1.807) is 18.0 Å². The van der Waals surface area contributed by atoms with E-state index < -0.39 is 0 Å². The van der Waals surface area contributed by atoms with Crippen molar-refractivity contribution in [3.63, 3.8) is 0 Å². The number of methoxy groups -OCH3 is 1. The molecule has 0 aliphatic heterocycles. The molecule has 1 rings (SSSR count). The lowest BCUT2D eigenvalue weighted by atomic mass is 10.2. The molecule has 1 aromatic carbocycles. The summed E-state index contributed by atoms with van der Waals surface area (Å²) >= 11 is 5.98. The number of nitrogens with zero attached hydrogens (tertiary/aromatic N) is 1. The standard InChI is InChI=1S/C13H17ClN2O3/c1-16(9-13(18)19-2)8-12(17)15-7-10-5-3-4-6-11(10)14/h3-6H,7-9H2,1-2H3,(H,15,17). The highest BCUT2D eigenvalue weighted by Crippen LogP contribution is 2.14. The van der Waals surface area contributed by atoms with E-state index in [1.807, 2.05) is 18.2 Å². The number of nitrogens with one attached hydrogen (secondary N) is 1. The lowest BCUT2D eigenvalue weighted by molar-refractivity contribution is -0.141. The van der Waals surface area contributed by atoms with Crippen LogP contribution >= 0.6 is 11.6 Å². The second-order valence-corrected chi connectivity index (χ2v) is 4.52. The highest BCUT2D eigenvalue weighted by molar-refractivity contribution is 6.31. The van der Waals surface area contributed by atoms with Gasteiger partial charge in [-0.3, -0.25) is 14.5 Å². The number of ether oxygens (including phenoxy) is 1. The Morgan fingerprint density at radius 1 is 1.32 bits per heavy atom. The maximum atomic E-state index is 11.7. The van der Waals surface area contributed by atoms with E-state index >= 15 is 0 Å². The number of carbonyl (C=O) groups is 2. The zero-order valence-electron chi connectivity index (χ0n) is 11.0. The Balaban J connectivity index is 2.36. The Kier molecular flexibility index (Phi) is 6.32. The Morgan fingerprint density at radius 2 is 2.00 bits per heavy atom. The first-order valence-corrected chi connectivity index (χ1v) is 6.16. The third-order valence-electron chi connectivity index (χ3n) is 2.47. The van der Waals surface area contributed by atoms with Crippen LogP contribution in [0.2, 0.25) is 5.02 Å². The van der Waals surface area contributed by atoms with Gasteiger partial charge >= 0.3 is 5.97 Å². The number of hydrogen-bond donors (Lipinski definition) is 1. The number of amides is 1. The molecule has 0 saturated heterocycles. The minimum atomic E-state index is -0.374. The van der Waals surface area contributed by atoms with Crippen LogP contribution in [0.3, 0.4) is 0 Å². The summed E-state index contributed by atoms with van der Waals surface area (Å²) in [6.45, 7) is 0.570. The summed E-state index contributed by atoms with van der Waals surface area (Å²) in [5.74, 6) is -0.548. The van der Waals surface area contributed by atoms with Crippen molar-refractivity contribution in [2.45, 2.75) is 6.54 Å². The Bertz CT molecular complexity index is 451. The number of rotatable bonds is 6. The highest BCUT2D eigenvalue weighted by atomic mass is 35.5. The smallest absolute Gasteiger partial charge is 0.319 e. The molecule has 1 amide bonds. The highest BCUT2D eigenvalue weighted by Gasteiger charge is 2.10. The average Bonchev–Trinajstić information content (AvgIpc) is 2.37. The van der Waals surface area contributed by atoms with Gasteiger partial charge in [0.15, 0.2) is 0 Å². The summed E-state index contributed by atoms with van der Waals surface area (Å²) in [5.41, 5.74) is 0.855. The molecule has 0 bridgehead atoms. The quantitative estimate of drug-likeness (QED) is 0.794. The van der Waals surface area contributed by atoms with Crippen LogP contribution in [0, 0.1) is 0 Å². The molecule has 6 heteroatoms. The molecular formula is C13H17ClN2O3. The van der Waals surface area contributed by atoms with Crippen molar-refractivity contribution in [1.82, 2.24) is 10.2 Å². The van der Waals surface area contributed by atoms with Gasteiger partial charge in [0.25, 0.3) is 0 Å². The molecule has 1 N–H and O–H groups in total. The fourth-order valence-corrected chi connectivity index (χ4v) is 1.68. The van der Waals surface area contributed by atoms with E-state index in [4.69, 9.17) is 11.6 Å². The summed E-state index contributed by atoms with van der Waals surface area (Å²) in [6, 6.07) is 7.31. The Morgan fingerprint density at radius 3 is 2.63 bits per heavy atom. The second kappa shape index (κ2) is 7.76. The zero-order chi connectivity index (χ0) is 14.3. The van der Waals surface area contributed by atoms with Gasteiger partial charge in [0, 0.05) is 11.6 Å². The van der Waals surface area contributed by atoms with Crippen molar-refractivity contribution in [2.24, 2.45) is 0 Å². The molecule has 0 heterocycles. The molecule has 0 spiro atoms. The summed E-state index contributed by atoms with van der Waals surface area (Å²) in [7, 11) is 2.99. The van der Waals surface area contributed by atoms with Crippen molar-refractivity contribution >= 4 is 23.5 Å². The molecule has 0 fully saturated rings. The first-order chi connectivity index (χ1) is 9.02. The van der Waals surface area contributed by atoms with Crippen LogP contribution in [-0.4, -0.2) is 44.0 Å². The minimum Gasteiger partial charge on any atom is -0.468 e. The summed E-state index contributed by atoms with van der Waals surface area (Å²) in [4.78, 5) is 24.3. The van der Waals surface area contributed by atoms with Crippen LogP contribution in [0.4, 0.5) is 0 Å². The van der Waals surface area contributed by atoms with Gasteiger partial charge in [0.1, 0.15) is 0 Å². The molecule has 0 aromatic heterocycles. The molecule has 5 nitrogen and oxygen atoms in total. The van der Waals surface area contributed by atoms with Crippen molar-refractivity contribution in [1.29, 1.82) is 0 Å². The topological polar surface area (TPSA) is 58.6 Å². The van der Waals surface area contributed by atoms with E-state index in [0.29, 0.717) is 11.6 Å². The molecule has 0 unspecified atom stereocenters. The van der Waals surface area contributed by atoms with Gasteiger partial charge < -0.3 is 10.1 Å². The third kappa shape index (κ3) is 5.72. The normalized spacial score (nSPS) is 10.3. The van der Waals surface area contributed by atoms with Gasteiger partial charge in [-0.15, -0.1) is 0 Å². The van der Waals surface area contributed by atoms with Crippen molar-refractivity contribution < 1.29 is 14.3 Å². The molecular weight excluding hydrogens is 268 g/mol. The van der Waals surface area contributed by atoms with E-state index in [1.165, 1.54) is 7.11 Å². The van der Waals surface area contributed by atoms with Gasteiger partial charge in [0.2, 0.25) is 5.91 Å². The van der Waals surface area contributed by atoms with Crippen LogP contribution < -0.4 is 5.32 Å². The van der Waals surface area contributed by atoms with E-state index in [2.05, 4.69) is 10.1 Å². The van der Waals surface area contributed by atoms with E-state index in [0.717, 1.165) is 5.56 Å². The van der Waals surface area contributed by atoms with Gasteiger partial charge in [-0.2, -0.15) is 0 Å². The maximum Gasteiger partial charge on any atom is 0.319 e. The molecule has 0 aliphatic carbocycles. The Hall–Kier alpha value is -1.59. The van der Waals surface area contributed by atoms with Crippen LogP contribution in [0.25, 0.3) is 0 Å². The van der Waals surface area contributed by atoms with Crippen LogP contribution in [0.1, 0.15) is 5.56 Å². The lowest BCUT2D eigenvalue weighted by Crippen LogP contribution is -2.37. The summed E-state index contributed by atoms with van der Waals surface area (Å²) < 4.78 is 4.52. The largest absolute Gasteiger partial charge is 0.468 e. The van der Waals surface area contributed by atoms with Crippen molar-refractivity contribution in [3.8, 4) is 0 Å². The third-order valence-corrected chi connectivity index (χ3v) is 2.84. The summed E-state index contributed by atoms with van der Waals surface area (Å²) in [5, 5.41) is 3.36. The lowest BCUT2D eigenvalue weighted by Gasteiger charge is -2.14. The predicted octanol–water partition coefficient (Wildman–Crippen LogP) is 1.06. The van der Waals surface area contributed by atoms with Crippen LogP contribution in [-0.2, 0) is 20.9 Å². The fraction of sp³-hybridized carbons (Fsp3) is 0.385. The average molecular weight is 285 g/mol. The fourth-order valence-electron chi connectivity index (χ4n) is 1.48. The summed E-state index contributed by atoms with van der Waals surface area (Å²) in [6.07, 6.45) is 0. The van der Waals surface area contributed by atoms with E-state index in [9.17, 15) is 9.59 Å². The van der Waals surface area contributed by atoms with Gasteiger partial charge in [-0.25, -0.2) is 0 Å². The maximum absolute atomic E-state index is 11.7. The Labute approximate surface area is 117 Å². The molecule has 0 saturated carbocycles. The molecule has 0 aliphatic rings. The molecule has 0 radical (unpaired) electrons. The first kappa shape index (κ1) is 15.5. The monoisotopic (exact) mass is 284 g/mol. The number of hydrogen-bond acceptors (Lipinski definition) is 4. The number of benzene rings is 1. The van der Waals surface area contributed by atoms with Gasteiger partial charge in [0.05, 0.1) is 20.2 Å². The number of esters is 1. The van der Waals surface area contributed by atoms with E-state index in [-0.39, 0.29) is 25.0 Å². The van der Waals surface area contributed by atoms with Crippen molar-refractivity contribution in [2.75, 3.05) is 27.2 Å². The second-order valence-electron chi connectivity index (χ2n) is 4.12. The minimum absolute atomic E-state index is 0.0794. The van der Waals surface area contributed by atoms with Gasteiger partial charge in [-0.1, -0.05) is 29.8 Å². The molecule has 104 valence electrons. The van der Waals surface area contributed by atoms with Crippen LogP contribution in [0.5, 0.6) is 0 Å².